The zero-order valence-corrected chi connectivity index (χ0v) is 15.4. The molecule has 2 aliphatic heterocycles. The van der Waals surface area contributed by atoms with Gasteiger partial charge in [0.1, 0.15) is 5.60 Å². The molecule has 2 bridgehead atoms. The molecule has 1 aromatic rings. The summed E-state index contributed by atoms with van der Waals surface area (Å²) in [6.45, 7) is 5.75. The number of hydrogen-bond donors (Lipinski definition) is 0. The summed E-state index contributed by atoms with van der Waals surface area (Å²) in [6, 6.07) is 6.21. The van der Waals surface area contributed by atoms with Gasteiger partial charge in [-0.05, 0) is 38.8 Å². The van der Waals surface area contributed by atoms with Gasteiger partial charge in [0, 0.05) is 0 Å². The minimum atomic E-state index is -3.91. The Labute approximate surface area is 155 Å². The van der Waals surface area contributed by atoms with E-state index in [1.807, 2.05) is 0 Å². The van der Waals surface area contributed by atoms with Gasteiger partial charge >= 0.3 is 6.09 Å². The molecule has 2 atom stereocenters. The van der Waals surface area contributed by atoms with E-state index >= 15 is 0 Å². The lowest BCUT2D eigenvalue weighted by atomic mass is 10.2. The number of amides is 1. The summed E-state index contributed by atoms with van der Waals surface area (Å²) in [7, 11) is -3.91. The summed E-state index contributed by atoms with van der Waals surface area (Å²) in [5.41, 5.74) is -0.0748. The molecule has 0 saturated carbocycles. The van der Waals surface area contributed by atoms with Gasteiger partial charge in [0.2, 0.25) is 0 Å². The van der Waals surface area contributed by atoms with Crippen LogP contribution in [-0.2, 0) is 30.4 Å². The Morgan fingerprint density at radius 3 is 2.65 bits per heavy atom. The van der Waals surface area contributed by atoms with E-state index in [1.165, 1.54) is 11.0 Å². The van der Waals surface area contributed by atoms with Crippen LogP contribution in [0.3, 0.4) is 0 Å². The quantitative estimate of drug-likeness (QED) is 0.639. The van der Waals surface area contributed by atoms with Gasteiger partial charge in [0.25, 0.3) is 10.1 Å². The second-order valence-corrected chi connectivity index (χ2v) is 8.89. The molecule has 3 rings (SSSR count). The van der Waals surface area contributed by atoms with E-state index in [0.717, 1.165) is 0 Å². The molecule has 0 N–H and O–H groups in total. The fraction of sp³-hybridized carbons (Fsp3) is 0.611. The summed E-state index contributed by atoms with van der Waals surface area (Å²) in [5, 5.41) is 0. The normalized spacial score (nSPS) is 25.0. The van der Waals surface area contributed by atoms with Crippen LogP contribution in [0.2, 0.25) is 0 Å². The smallest absolute Gasteiger partial charge is 0.410 e. The van der Waals surface area contributed by atoms with Crippen LogP contribution in [0.4, 0.5) is 4.79 Å². The molecule has 2 heterocycles. The number of ether oxygens (including phenoxy) is 2. The van der Waals surface area contributed by atoms with Gasteiger partial charge < -0.3 is 14.4 Å². The first-order chi connectivity index (χ1) is 11.7. The summed E-state index contributed by atoms with van der Waals surface area (Å²) in [5.74, 6) is 0. The molecular formula is C18H27NO6S. The first kappa shape index (κ1) is 20.7. The van der Waals surface area contributed by atoms with Crippen molar-refractivity contribution in [2.45, 2.75) is 63.9 Å². The molecule has 7 nitrogen and oxygen atoms in total. The molecule has 146 valence electrons. The highest BCUT2D eigenvalue weighted by atomic mass is 32.2. The van der Waals surface area contributed by atoms with Crippen LogP contribution in [0.5, 0.6) is 0 Å². The van der Waals surface area contributed by atoms with Gasteiger partial charge in [-0.2, -0.15) is 8.42 Å². The Bertz CT molecular complexity index is 755. The highest BCUT2D eigenvalue weighted by molar-refractivity contribution is 7.86. The number of fused-ring (bicyclic) bond motifs is 3. The summed E-state index contributed by atoms with van der Waals surface area (Å²) < 4.78 is 41.5. The molecule has 8 heteroatoms. The predicted octanol–water partition coefficient (Wildman–Crippen LogP) is 2.94. The van der Waals surface area contributed by atoms with Crippen molar-refractivity contribution < 1.29 is 26.9 Å². The largest absolute Gasteiger partial charge is 0.444 e. The van der Waals surface area contributed by atoms with Crippen molar-refractivity contribution in [1.29, 1.82) is 0 Å². The SMILES string of the molecule is C.CC(C)(C)OC(=O)N1CC2CC1COS(=O)(=O)c1ccccc1CO2. The maximum atomic E-state index is 12.5. The molecule has 1 amide bonds. The second-order valence-electron chi connectivity index (χ2n) is 7.30. The zero-order valence-electron chi connectivity index (χ0n) is 14.6. The van der Waals surface area contributed by atoms with E-state index in [9.17, 15) is 13.2 Å². The molecule has 2 aliphatic rings. The zero-order chi connectivity index (χ0) is 18.2. The van der Waals surface area contributed by atoms with Gasteiger partial charge in [-0.3, -0.25) is 4.18 Å². The molecule has 26 heavy (non-hydrogen) atoms. The topological polar surface area (TPSA) is 82.1 Å². The highest BCUT2D eigenvalue weighted by Gasteiger charge is 2.40. The lowest BCUT2D eigenvalue weighted by Gasteiger charge is -2.28. The third-order valence-electron chi connectivity index (χ3n) is 4.14. The number of rotatable bonds is 0. The van der Waals surface area contributed by atoms with E-state index in [1.54, 1.807) is 39.0 Å². The highest BCUT2D eigenvalue weighted by Crippen LogP contribution is 2.28. The summed E-state index contributed by atoms with van der Waals surface area (Å²) in [6.07, 6.45) is -0.159. The standard InChI is InChI=1S/C17H23NO6S.CH4/c1-17(2,3)24-16(19)18-9-14-8-13(18)11-23-25(20,21)15-7-5-4-6-12(15)10-22-14;/h4-7,13-14H,8-11H2,1-3H3;1H4. The molecule has 0 aliphatic carbocycles. The molecule has 1 aromatic carbocycles. The molecule has 1 saturated heterocycles. The van der Waals surface area contributed by atoms with Crippen molar-refractivity contribution in [2.75, 3.05) is 13.2 Å². The number of benzene rings is 1. The van der Waals surface area contributed by atoms with Crippen LogP contribution >= 0.6 is 0 Å². The molecule has 0 radical (unpaired) electrons. The van der Waals surface area contributed by atoms with Gasteiger partial charge in [0.05, 0.1) is 36.8 Å². The molecule has 1 fully saturated rings. The van der Waals surface area contributed by atoms with Crippen molar-refractivity contribution >= 4 is 16.2 Å². The maximum absolute atomic E-state index is 12.5. The third-order valence-corrected chi connectivity index (χ3v) is 5.52. The number of likely N-dealkylation sites (tertiary alicyclic amines) is 1. The van der Waals surface area contributed by atoms with Crippen molar-refractivity contribution in [2.24, 2.45) is 0 Å². The monoisotopic (exact) mass is 385 g/mol. The van der Waals surface area contributed by atoms with Crippen molar-refractivity contribution in [3.8, 4) is 0 Å². The van der Waals surface area contributed by atoms with Crippen LogP contribution in [-0.4, -0.2) is 50.3 Å². The Kier molecular flexibility index (Phi) is 5.99. The minimum absolute atomic E-state index is 0. The van der Waals surface area contributed by atoms with E-state index in [0.29, 0.717) is 18.5 Å². The number of carbonyl (C=O) groups excluding carboxylic acids is 1. The lowest BCUT2D eigenvalue weighted by Crippen LogP contribution is -2.42. The molecular weight excluding hydrogens is 358 g/mol. The first-order valence-corrected chi connectivity index (χ1v) is 9.65. The minimum Gasteiger partial charge on any atom is -0.444 e. The Hall–Kier alpha value is -1.64. The Morgan fingerprint density at radius 1 is 1.27 bits per heavy atom. The molecule has 2 unspecified atom stereocenters. The second kappa shape index (κ2) is 7.54. The van der Waals surface area contributed by atoms with E-state index in [-0.39, 0.29) is 31.6 Å². The predicted molar refractivity (Wildman–Crippen MR) is 96.2 cm³/mol. The van der Waals surface area contributed by atoms with Crippen molar-refractivity contribution in [3.63, 3.8) is 0 Å². The molecule has 0 spiro atoms. The first-order valence-electron chi connectivity index (χ1n) is 8.24. The van der Waals surface area contributed by atoms with Crippen molar-refractivity contribution in [1.82, 2.24) is 4.90 Å². The van der Waals surface area contributed by atoms with E-state index in [4.69, 9.17) is 13.7 Å². The van der Waals surface area contributed by atoms with Crippen LogP contribution in [0, 0.1) is 0 Å². The molecule has 0 aromatic heterocycles. The average Bonchev–Trinajstić information content (AvgIpc) is 2.92. The van der Waals surface area contributed by atoms with Gasteiger partial charge in [0.15, 0.2) is 0 Å². The summed E-state index contributed by atoms with van der Waals surface area (Å²) in [4.78, 5) is 14.0. The summed E-state index contributed by atoms with van der Waals surface area (Å²) >= 11 is 0. The fourth-order valence-electron chi connectivity index (χ4n) is 3.00. The Morgan fingerprint density at radius 2 is 1.96 bits per heavy atom. The van der Waals surface area contributed by atoms with Gasteiger partial charge in [-0.25, -0.2) is 4.79 Å². The lowest BCUT2D eigenvalue weighted by molar-refractivity contribution is 0.0131. The third kappa shape index (κ3) is 4.55. The van der Waals surface area contributed by atoms with Crippen LogP contribution < -0.4 is 0 Å². The number of nitrogens with zero attached hydrogens (tertiary/aromatic N) is 1. The van der Waals surface area contributed by atoms with Crippen LogP contribution in [0.1, 0.15) is 40.2 Å². The number of carbonyl (C=O) groups is 1. The van der Waals surface area contributed by atoms with Gasteiger partial charge in [-0.15, -0.1) is 0 Å². The maximum Gasteiger partial charge on any atom is 0.410 e. The fourth-order valence-corrected chi connectivity index (χ4v) is 4.16. The van der Waals surface area contributed by atoms with Gasteiger partial charge in [-0.1, -0.05) is 25.6 Å². The average molecular weight is 385 g/mol. The van der Waals surface area contributed by atoms with Crippen LogP contribution in [0.25, 0.3) is 0 Å². The Balaban J connectivity index is 0.00000243. The van der Waals surface area contributed by atoms with Crippen molar-refractivity contribution in [3.05, 3.63) is 29.8 Å². The number of hydrogen-bond acceptors (Lipinski definition) is 6. The van der Waals surface area contributed by atoms with E-state index in [2.05, 4.69) is 0 Å². The van der Waals surface area contributed by atoms with Crippen LogP contribution in [0.15, 0.2) is 29.2 Å². The van der Waals surface area contributed by atoms with E-state index < -0.39 is 27.9 Å².